The second kappa shape index (κ2) is 7.95. The first kappa shape index (κ1) is 18.7. The van der Waals surface area contributed by atoms with Crippen LogP contribution in [0.1, 0.15) is 43.4 Å². The summed E-state index contributed by atoms with van der Waals surface area (Å²) in [6.07, 6.45) is 2.48. The second-order valence-corrected chi connectivity index (χ2v) is 6.93. The third-order valence-electron chi connectivity index (χ3n) is 4.94. The molecule has 0 spiro atoms. The maximum absolute atomic E-state index is 5.79. The monoisotopic (exact) mass is 425 g/mol. The minimum Gasteiger partial charge on any atom is -1.00 e. The molecule has 126 valence electrons. The molecular formula is C20H28INO. The van der Waals surface area contributed by atoms with Crippen LogP contribution in [0.3, 0.4) is 0 Å². The number of nitrogens with zero attached hydrogens (tertiary/aromatic N) is 1. The first-order chi connectivity index (χ1) is 10.7. The molecule has 1 heterocycles. The van der Waals surface area contributed by atoms with Gasteiger partial charge in [0, 0.05) is 5.56 Å². The normalized spacial score (nSPS) is 13.9. The van der Waals surface area contributed by atoms with Crippen LogP contribution in [0.4, 0.5) is 0 Å². The van der Waals surface area contributed by atoms with Gasteiger partial charge in [-0.05, 0) is 40.8 Å². The number of hydrogen-bond acceptors (Lipinski definition) is 1. The van der Waals surface area contributed by atoms with Gasteiger partial charge in [-0.3, -0.25) is 0 Å². The van der Waals surface area contributed by atoms with Gasteiger partial charge in [0.05, 0.1) is 33.4 Å². The number of hydrogen-bond donors (Lipinski definition) is 0. The standard InChI is InChI=1S/C20H28NO.HI/c1-4-10-21(3,11-5-2)13-17-12-16-8-6-7-9-18(16)20-15-22-14-19(17)20;/h6-9,12H,4-5,10-11,13-15H2,1-3H3;1H/q+1;/p-1. The molecule has 0 saturated carbocycles. The maximum atomic E-state index is 5.79. The van der Waals surface area contributed by atoms with Crippen molar-refractivity contribution in [1.82, 2.24) is 0 Å². The van der Waals surface area contributed by atoms with E-state index in [0.29, 0.717) is 0 Å². The highest BCUT2D eigenvalue weighted by Crippen LogP contribution is 2.33. The van der Waals surface area contributed by atoms with Crippen molar-refractivity contribution in [2.45, 2.75) is 46.4 Å². The van der Waals surface area contributed by atoms with E-state index in [0.717, 1.165) is 24.2 Å². The molecule has 0 aliphatic carbocycles. The molecular weight excluding hydrogens is 397 g/mol. The van der Waals surface area contributed by atoms with Gasteiger partial charge in [-0.2, -0.15) is 0 Å². The number of fused-ring (bicyclic) bond motifs is 3. The van der Waals surface area contributed by atoms with Gasteiger partial charge in [-0.1, -0.05) is 38.1 Å². The zero-order valence-corrected chi connectivity index (χ0v) is 16.7. The van der Waals surface area contributed by atoms with Gasteiger partial charge in [0.25, 0.3) is 0 Å². The first-order valence-corrected chi connectivity index (χ1v) is 8.60. The Morgan fingerprint density at radius 1 is 1.00 bits per heavy atom. The predicted octanol–water partition coefficient (Wildman–Crippen LogP) is 1.64. The summed E-state index contributed by atoms with van der Waals surface area (Å²) in [5.41, 5.74) is 4.37. The zero-order chi connectivity index (χ0) is 15.6. The maximum Gasteiger partial charge on any atom is 0.105 e. The Labute approximate surface area is 157 Å². The predicted molar refractivity (Wildman–Crippen MR) is 92.6 cm³/mol. The Morgan fingerprint density at radius 3 is 2.35 bits per heavy atom. The van der Waals surface area contributed by atoms with Gasteiger partial charge in [0.1, 0.15) is 6.54 Å². The van der Waals surface area contributed by atoms with E-state index in [9.17, 15) is 0 Å². The lowest BCUT2D eigenvalue weighted by atomic mass is 9.95. The summed E-state index contributed by atoms with van der Waals surface area (Å²) in [7, 11) is 2.41. The molecule has 1 aliphatic heterocycles. The summed E-state index contributed by atoms with van der Waals surface area (Å²) in [5, 5.41) is 2.74. The molecule has 0 atom stereocenters. The number of halogens is 1. The van der Waals surface area contributed by atoms with Gasteiger partial charge in [-0.25, -0.2) is 0 Å². The summed E-state index contributed by atoms with van der Waals surface area (Å²) in [5.74, 6) is 0. The molecule has 0 unspecified atom stereocenters. The summed E-state index contributed by atoms with van der Waals surface area (Å²) in [6, 6.07) is 11.2. The van der Waals surface area contributed by atoms with Crippen LogP contribution in [0.2, 0.25) is 0 Å². The summed E-state index contributed by atoms with van der Waals surface area (Å²) in [4.78, 5) is 0. The molecule has 0 N–H and O–H groups in total. The van der Waals surface area contributed by atoms with E-state index >= 15 is 0 Å². The molecule has 3 heteroatoms. The fourth-order valence-electron chi connectivity index (χ4n) is 4.03. The van der Waals surface area contributed by atoms with Gasteiger partial charge < -0.3 is 33.2 Å². The smallest absolute Gasteiger partial charge is 0.105 e. The van der Waals surface area contributed by atoms with Gasteiger partial charge in [0.2, 0.25) is 0 Å². The van der Waals surface area contributed by atoms with Crippen molar-refractivity contribution in [2.24, 2.45) is 0 Å². The van der Waals surface area contributed by atoms with Crippen molar-refractivity contribution in [3.05, 3.63) is 47.0 Å². The Bertz CT molecular complexity index is 662. The molecule has 0 radical (unpaired) electrons. The average molecular weight is 425 g/mol. The highest BCUT2D eigenvalue weighted by molar-refractivity contribution is 5.88. The number of quaternary nitrogens is 1. The van der Waals surface area contributed by atoms with Crippen LogP contribution in [-0.4, -0.2) is 24.6 Å². The first-order valence-electron chi connectivity index (χ1n) is 8.60. The van der Waals surface area contributed by atoms with E-state index in [1.54, 1.807) is 0 Å². The third-order valence-corrected chi connectivity index (χ3v) is 4.94. The molecule has 0 amide bonds. The molecule has 0 bridgehead atoms. The van der Waals surface area contributed by atoms with E-state index in [1.807, 2.05) is 0 Å². The fraction of sp³-hybridized carbons (Fsp3) is 0.500. The Kier molecular flexibility index (Phi) is 6.46. The molecule has 0 aromatic heterocycles. The fourth-order valence-corrected chi connectivity index (χ4v) is 4.03. The number of rotatable bonds is 6. The Morgan fingerprint density at radius 2 is 1.65 bits per heavy atom. The second-order valence-electron chi connectivity index (χ2n) is 6.93. The molecule has 1 aliphatic rings. The molecule has 2 aromatic rings. The van der Waals surface area contributed by atoms with Crippen molar-refractivity contribution in [3.63, 3.8) is 0 Å². The van der Waals surface area contributed by atoms with E-state index in [4.69, 9.17) is 4.74 Å². The van der Waals surface area contributed by atoms with Crippen LogP contribution in [0.15, 0.2) is 30.3 Å². The lowest BCUT2D eigenvalue weighted by molar-refractivity contribution is -0.922. The molecule has 0 fully saturated rings. The van der Waals surface area contributed by atoms with Crippen molar-refractivity contribution in [1.29, 1.82) is 0 Å². The Hall–Kier alpha value is -0.650. The largest absolute Gasteiger partial charge is 1.00 e. The number of benzene rings is 2. The van der Waals surface area contributed by atoms with Crippen LogP contribution >= 0.6 is 0 Å². The lowest BCUT2D eigenvalue weighted by Gasteiger charge is -2.35. The van der Waals surface area contributed by atoms with Crippen molar-refractivity contribution in [3.8, 4) is 0 Å². The van der Waals surface area contributed by atoms with Gasteiger partial charge in [-0.15, -0.1) is 0 Å². The van der Waals surface area contributed by atoms with E-state index in [1.165, 1.54) is 53.4 Å². The van der Waals surface area contributed by atoms with Gasteiger partial charge in [0.15, 0.2) is 0 Å². The van der Waals surface area contributed by atoms with Gasteiger partial charge >= 0.3 is 0 Å². The van der Waals surface area contributed by atoms with E-state index in [2.05, 4.69) is 51.2 Å². The van der Waals surface area contributed by atoms with Crippen LogP contribution < -0.4 is 24.0 Å². The van der Waals surface area contributed by atoms with Crippen LogP contribution in [-0.2, 0) is 24.5 Å². The summed E-state index contributed by atoms with van der Waals surface area (Å²) >= 11 is 0. The number of ether oxygens (including phenoxy) is 1. The topological polar surface area (TPSA) is 9.23 Å². The average Bonchev–Trinajstić information content (AvgIpc) is 2.98. The van der Waals surface area contributed by atoms with Crippen LogP contribution in [0.25, 0.3) is 10.8 Å². The highest BCUT2D eigenvalue weighted by atomic mass is 127. The summed E-state index contributed by atoms with van der Waals surface area (Å²) < 4.78 is 6.93. The van der Waals surface area contributed by atoms with Crippen molar-refractivity contribution < 1.29 is 33.2 Å². The lowest BCUT2D eigenvalue weighted by Crippen LogP contribution is -3.00. The zero-order valence-electron chi connectivity index (χ0n) is 14.6. The van der Waals surface area contributed by atoms with E-state index < -0.39 is 0 Å². The molecule has 23 heavy (non-hydrogen) atoms. The molecule has 2 nitrogen and oxygen atoms in total. The minimum atomic E-state index is 0. The molecule has 3 rings (SSSR count). The highest BCUT2D eigenvalue weighted by Gasteiger charge is 2.25. The van der Waals surface area contributed by atoms with Crippen LogP contribution in [0, 0.1) is 0 Å². The van der Waals surface area contributed by atoms with Crippen LogP contribution in [0.5, 0.6) is 0 Å². The van der Waals surface area contributed by atoms with Crippen molar-refractivity contribution in [2.75, 3.05) is 20.1 Å². The SMILES string of the molecule is CCC[N+](C)(CCC)Cc1cc2ccccc2c2c1COC2.[I-]. The third kappa shape index (κ3) is 3.89. The minimum absolute atomic E-state index is 0. The Balaban J connectivity index is 0.00000192. The van der Waals surface area contributed by atoms with Crippen molar-refractivity contribution >= 4 is 10.8 Å². The summed E-state index contributed by atoms with van der Waals surface area (Å²) in [6.45, 7) is 9.76. The molecule has 2 aromatic carbocycles. The van der Waals surface area contributed by atoms with E-state index in [-0.39, 0.29) is 24.0 Å². The quantitative estimate of drug-likeness (QED) is 0.505. The molecule has 0 saturated heterocycles.